The first kappa shape index (κ1) is 23.3. The molecule has 0 bridgehead atoms. The smallest absolute Gasteiger partial charge is 0.411 e. The Morgan fingerprint density at radius 3 is 2.73 bits per heavy atom. The molecule has 3 aromatic carbocycles. The van der Waals surface area contributed by atoms with E-state index in [9.17, 15) is 4.79 Å². The molecule has 7 heteroatoms. The van der Waals surface area contributed by atoms with Crippen LogP contribution in [0.5, 0.6) is 0 Å². The van der Waals surface area contributed by atoms with Crippen LogP contribution in [0.4, 0.5) is 10.5 Å². The van der Waals surface area contributed by atoms with Crippen LogP contribution in [0.3, 0.4) is 0 Å². The van der Waals surface area contributed by atoms with Gasteiger partial charge in [-0.25, -0.2) is 9.78 Å². The van der Waals surface area contributed by atoms with Gasteiger partial charge in [0.1, 0.15) is 6.61 Å². The highest BCUT2D eigenvalue weighted by Gasteiger charge is 2.09. The topological polar surface area (TPSA) is 67.0 Å². The first-order chi connectivity index (χ1) is 16.0. The normalized spacial score (nSPS) is 11.0. The van der Waals surface area contributed by atoms with Gasteiger partial charge in [-0.3, -0.25) is 5.32 Å². The Morgan fingerprint density at radius 1 is 1.03 bits per heavy atom. The van der Waals surface area contributed by atoms with Gasteiger partial charge in [0.25, 0.3) is 0 Å². The predicted molar refractivity (Wildman–Crippen MR) is 138 cm³/mol. The van der Waals surface area contributed by atoms with Crippen molar-refractivity contribution in [2.75, 3.05) is 17.7 Å². The molecule has 33 heavy (non-hydrogen) atoms. The number of imidazole rings is 1. The first-order valence-electron chi connectivity index (χ1n) is 10.8. The number of rotatable bonds is 8. The van der Waals surface area contributed by atoms with Crippen LogP contribution in [0.25, 0.3) is 11.0 Å². The number of nitrogens with zero attached hydrogens (tertiary/aromatic N) is 1. The van der Waals surface area contributed by atoms with E-state index in [1.165, 1.54) is 16.0 Å². The molecule has 0 saturated carbocycles. The van der Waals surface area contributed by atoms with Crippen LogP contribution in [0.2, 0.25) is 0 Å². The summed E-state index contributed by atoms with van der Waals surface area (Å²) in [5, 5.41) is 3.76. The summed E-state index contributed by atoms with van der Waals surface area (Å²) in [6.45, 7) is 6.45. The molecule has 0 radical (unpaired) electrons. The molecule has 0 aliphatic heterocycles. The molecule has 0 aliphatic carbocycles. The Morgan fingerprint density at radius 2 is 1.88 bits per heavy atom. The monoisotopic (exact) mass is 477 g/mol. The quantitative estimate of drug-likeness (QED) is 0.209. The van der Waals surface area contributed by atoms with Crippen LogP contribution in [-0.2, 0) is 10.5 Å². The second-order valence-electron chi connectivity index (χ2n) is 7.82. The van der Waals surface area contributed by atoms with Gasteiger partial charge in [-0.1, -0.05) is 48.2 Å². The summed E-state index contributed by atoms with van der Waals surface area (Å²) in [6, 6.07) is 20.4. The lowest BCUT2D eigenvalue weighted by molar-refractivity contribution is 0.169. The van der Waals surface area contributed by atoms with E-state index in [0.29, 0.717) is 12.4 Å². The lowest BCUT2D eigenvalue weighted by Gasteiger charge is -2.12. The Bertz CT molecular complexity index is 1240. The highest BCUT2D eigenvalue weighted by atomic mass is 32.2. The van der Waals surface area contributed by atoms with Crippen LogP contribution in [0, 0.1) is 20.8 Å². The summed E-state index contributed by atoms with van der Waals surface area (Å²) in [4.78, 5) is 21.4. The lowest BCUT2D eigenvalue weighted by atomic mass is 10.1. The van der Waals surface area contributed by atoms with E-state index in [0.717, 1.165) is 38.8 Å². The Kier molecular flexibility index (Phi) is 7.62. The first-order valence-corrected chi connectivity index (χ1v) is 12.8. The number of aryl methyl sites for hydroxylation is 2. The van der Waals surface area contributed by atoms with E-state index >= 15 is 0 Å². The zero-order chi connectivity index (χ0) is 23.2. The number of aromatic amines is 1. The average Bonchev–Trinajstić information content (AvgIpc) is 3.22. The zero-order valence-electron chi connectivity index (χ0n) is 19.0. The van der Waals surface area contributed by atoms with Crippen molar-refractivity contribution in [1.29, 1.82) is 0 Å². The summed E-state index contributed by atoms with van der Waals surface area (Å²) in [7, 11) is 0. The Labute approximate surface area is 202 Å². The van der Waals surface area contributed by atoms with Gasteiger partial charge in [0.05, 0.1) is 11.0 Å². The standard InChI is InChI=1S/C26H27N3O2S2/c1-17-11-12-18(2)23(15-17)29-26(30)31-13-14-32-24-10-6-7-20(19(24)3)16-33-25-27-21-8-4-5-9-22(21)28-25/h4-12,15H,13-14,16H2,1-3H3,(H,27,28)(H,29,30). The van der Waals surface area contributed by atoms with Crippen molar-refractivity contribution < 1.29 is 9.53 Å². The minimum absolute atomic E-state index is 0.346. The Balaban J connectivity index is 1.27. The predicted octanol–water partition coefficient (Wildman–Crippen LogP) is 7.12. The van der Waals surface area contributed by atoms with Crippen molar-refractivity contribution in [2.24, 2.45) is 0 Å². The molecule has 2 N–H and O–H groups in total. The number of hydrogen-bond acceptors (Lipinski definition) is 5. The molecule has 0 spiro atoms. The van der Waals surface area contributed by atoms with Crippen molar-refractivity contribution >= 4 is 46.3 Å². The van der Waals surface area contributed by atoms with Gasteiger partial charge >= 0.3 is 6.09 Å². The van der Waals surface area contributed by atoms with Crippen molar-refractivity contribution in [3.05, 3.63) is 82.9 Å². The van der Waals surface area contributed by atoms with Crippen LogP contribution in [0.1, 0.15) is 22.3 Å². The molecule has 0 atom stereocenters. The van der Waals surface area contributed by atoms with Gasteiger partial charge in [0.15, 0.2) is 5.16 Å². The number of benzene rings is 3. The number of carbonyl (C=O) groups is 1. The molecule has 0 aliphatic rings. The molecule has 170 valence electrons. The minimum atomic E-state index is -0.419. The van der Waals surface area contributed by atoms with Gasteiger partial charge in [-0.05, 0) is 67.3 Å². The van der Waals surface area contributed by atoms with Crippen molar-refractivity contribution in [1.82, 2.24) is 9.97 Å². The summed E-state index contributed by atoms with van der Waals surface area (Å²) in [5.74, 6) is 1.54. The minimum Gasteiger partial charge on any atom is -0.448 e. The third kappa shape index (κ3) is 6.12. The van der Waals surface area contributed by atoms with Crippen LogP contribution in [0.15, 0.2) is 70.7 Å². The number of hydrogen-bond donors (Lipinski definition) is 2. The molecule has 0 fully saturated rings. The number of aromatic nitrogens is 2. The second-order valence-corrected chi connectivity index (χ2v) is 9.92. The summed E-state index contributed by atoms with van der Waals surface area (Å²) >= 11 is 3.41. The molecule has 0 saturated heterocycles. The third-order valence-electron chi connectivity index (χ3n) is 5.33. The van der Waals surface area contributed by atoms with Crippen molar-refractivity contribution in [3.8, 4) is 0 Å². The number of para-hydroxylation sites is 2. The number of amides is 1. The number of thioether (sulfide) groups is 2. The second kappa shape index (κ2) is 10.8. The van der Waals surface area contributed by atoms with E-state index in [-0.39, 0.29) is 0 Å². The lowest BCUT2D eigenvalue weighted by Crippen LogP contribution is -2.16. The maximum atomic E-state index is 12.1. The van der Waals surface area contributed by atoms with Gasteiger partial charge in [-0.15, -0.1) is 11.8 Å². The van der Waals surface area contributed by atoms with E-state index in [1.54, 1.807) is 23.5 Å². The number of carbonyl (C=O) groups excluding carboxylic acids is 1. The largest absolute Gasteiger partial charge is 0.448 e. The fraction of sp³-hybridized carbons (Fsp3) is 0.231. The van der Waals surface area contributed by atoms with Crippen LogP contribution in [-0.4, -0.2) is 28.4 Å². The summed E-state index contributed by atoms with van der Waals surface area (Å²) in [6.07, 6.45) is -0.419. The van der Waals surface area contributed by atoms with Gasteiger partial charge in [0, 0.05) is 22.1 Å². The number of anilines is 1. The van der Waals surface area contributed by atoms with Gasteiger partial charge < -0.3 is 9.72 Å². The fourth-order valence-electron chi connectivity index (χ4n) is 3.42. The zero-order valence-corrected chi connectivity index (χ0v) is 20.6. The molecule has 4 aromatic rings. The summed E-state index contributed by atoms with van der Waals surface area (Å²) < 4.78 is 5.38. The van der Waals surface area contributed by atoms with E-state index in [4.69, 9.17) is 4.74 Å². The van der Waals surface area contributed by atoms with E-state index in [2.05, 4.69) is 40.4 Å². The van der Waals surface area contributed by atoms with Crippen molar-refractivity contribution in [2.45, 2.75) is 36.6 Å². The maximum Gasteiger partial charge on any atom is 0.411 e. The molecule has 1 aromatic heterocycles. The van der Waals surface area contributed by atoms with Crippen LogP contribution >= 0.6 is 23.5 Å². The number of fused-ring (bicyclic) bond motifs is 1. The molecule has 1 amide bonds. The van der Waals surface area contributed by atoms with E-state index < -0.39 is 6.09 Å². The molecule has 1 heterocycles. The molecule has 5 nitrogen and oxygen atoms in total. The fourth-order valence-corrected chi connectivity index (χ4v) is 5.28. The average molecular weight is 478 g/mol. The Hall–Kier alpha value is -2.90. The van der Waals surface area contributed by atoms with Crippen LogP contribution < -0.4 is 5.32 Å². The molecular weight excluding hydrogens is 450 g/mol. The highest BCUT2D eigenvalue weighted by Crippen LogP contribution is 2.29. The molecule has 0 unspecified atom stereocenters. The molecular formula is C26H27N3O2S2. The number of ether oxygens (including phenoxy) is 1. The van der Waals surface area contributed by atoms with E-state index in [1.807, 2.05) is 56.3 Å². The summed E-state index contributed by atoms with van der Waals surface area (Å²) in [5.41, 5.74) is 7.48. The number of nitrogens with one attached hydrogen (secondary N) is 2. The third-order valence-corrected chi connectivity index (χ3v) is 7.38. The number of H-pyrrole nitrogens is 1. The molecule has 4 rings (SSSR count). The van der Waals surface area contributed by atoms with Gasteiger partial charge in [0.2, 0.25) is 0 Å². The van der Waals surface area contributed by atoms with Gasteiger partial charge in [-0.2, -0.15) is 0 Å². The highest BCUT2D eigenvalue weighted by molar-refractivity contribution is 7.99. The SMILES string of the molecule is Cc1ccc(C)c(NC(=O)OCCSc2cccc(CSc3nc4ccccc4[nH]3)c2C)c1. The maximum absolute atomic E-state index is 12.1. The van der Waals surface area contributed by atoms with Crippen molar-refractivity contribution in [3.63, 3.8) is 0 Å².